The van der Waals surface area contributed by atoms with Crippen LogP contribution in [0, 0.1) is 6.92 Å². The average Bonchev–Trinajstić information content (AvgIpc) is 2.56. The molecule has 2 aromatic carbocycles. The SMILES string of the molecule is CCC(=S)Nc1c(Br)cccc1COc1ccc(CC)cc1C. The molecule has 0 aliphatic rings. The number of rotatable bonds is 6. The number of nitrogens with one attached hydrogen (secondary N) is 1. The third-order valence-corrected chi connectivity index (χ3v) is 4.77. The van der Waals surface area contributed by atoms with E-state index < -0.39 is 0 Å². The molecule has 0 unspecified atom stereocenters. The first-order valence-electron chi connectivity index (χ1n) is 7.84. The maximum Gasteiger partial charge on any atom is 0.122 e. The van der Waals surface area contributed by atoms with Gasteiger partial charge in [-0.15, -0.1) is 0 Å². The minimum Gasteiger partial charge on any atom is -0.489 e. The van der Waals surface area contributed by atoms with Crippen LogP contribution in [-0.2, 0) is 13.0 Å². The topological polar surface area (TPSA) is 21.3 Å². The van der Waals surface area contributed by atoms with E-state index in [2.05, 4.69) is 59.4 Å². The first-order valence-corrected chi connectivity index (χ1v) is 9.04. The number of para-hydroxylation sites is 1. The van der Waals surface area contributed by atoms with Gasteiger partial charge >= 0.3 is 0 Å². The largest absolute Gasteiger partial charge is 0.489 e. The standard InChI is InChI=1S/C19H22BrNOS/c1-4-14-9-10-17(13(3)11-14)22-12-15-7-6-8-16(20)19(15)21-18(23)5-2/h6-11H,4-5,12H2,1-3H3,(H,21,23). The number of halogens is 1. The Kier molecular flexibility index (Phi) is 6.60. The van der Waals surface area contributed by atoms with Gasteiger partial charge in [0.1, 0.15) is 12.4 Å². The van der Waals surface area contributed by atoms with Crippen molar-refractivity contribution in [2.45, 2.75) is 40.2 Å². The van der Waals surface area contributed by atoms with Crippen LogP contribution in [0.3, 0.4) is 0 Å². The highest BCUT2D eigenvalue weighted by Gasteiger charge is 2.09. The van der Waals surface area contributed by atoms with E-state index in [1.54, 1.807) is 0 Å². The van der Waals surface area contributed by atoms with Crippen LogP contribution in [0.2, 0.25) is 0 Å². The first kappa shape index (κ1) is 18.0. The van der Waals surface area contributed by atoms with E-state index in [1.165, 1.54) is 5.56 Å². The zero-order chi connectivity index (χ0) is 16.8. The molecule has 0 saturated carbocycles. The van der Waals surface area contributed by atoms with Gasteiger partial charge in [0.05, 0.1) is 10.7 Å². The molecular weight excluding hydrogens is 370 g/mol. The molecule has 0 aromatic heterocycles. The molecule has 0 fully saturated rings. The van der Waals surface area contributed by atoms with Gasteiger partial charge in [0, 0.05) is 10.0 Å². The fourth-order valence-electron chi connectivity index (χ4n) is 2.31. The minimum absolute atomic E-state index is 0.500. The third-order valence-electron chi connectivity index (χ3n) is 3.72. The Labute approximate surface area is 152 Å². The summed E-state index contributed by atoms with van der Waals surface area (Å²) in [6.07, 6.45) is 1.85. The number of aryl methyl sites for hydroxylation is 2. The van der Waals surface area contributed by atoms with Gasteiger partial charge in [0.2, 0.25) is 0 Å². The number of hydrogen-bond acceptors (Lipinski definition) is 2. The van der Waals surface area contributed by atoms with Gasteiger partial charge in [0.15, 0.2) is 0 Å². The fourth-order valence-corrected chi connectivity index (χ4v) is 2.91. The van der Waals surface area contributed by atoms with E-state index in [1.807, 2.05) is 19.1 Å². The summed E-state index contributed by atoms with van der Waals surface area (Å²) in [5.41, 5.74) is 4.56. The normalized spacial score (nSPS) is 10.4. The van der Waals surface area contributed by atoms with Gasteiger partial charge in [0.25, 0.3) is 0 Å². The summed E-state index contributed by atoms with van der Waals surface area (Å²) in [5, 5.41) is 3.30. The second-order valence-electron chi connectivity index (χ2n) is 5.42. The molecule has 122 valence electrons. The van der Waals surface area contributed by atoms with Crippen molar-refractivity contribution in [1.29, 1.82) is 0 Å². The molecule has 2 rings (SSSR count). The summed E-state index contributed by atoms with van der Waals surface area (Å²) in [6.45, 7) is 6.79. The zero-order valence-electron chi connectivity index (χ0n) is 13.8. The lowest BCUT2D eigenvalue weighted by atomic mass is 10.1. The highest BCUT2D eigenvalue weighted by molar-refractivity contribution is 9.10. The number of hydrogen-bond donors (Lipinski definition) is 1. The Morgan fingerprint density at radius 2 is 2.00 bits per heavy atom. The molecule has 2 nitrogen and oxygen atoms in total. The van der Waals surface area contributed by atoms with Crippen LogP contribution >= 0.6 is 28.1 Å². The molecule has 0 aliphatic heterocycles. The van der Waals surface area contributed by atoms with Crippen LogP contribution in [0.25, 0.3) is 0 Å². The van der Waals surface area contributed by atoms with Crippen molar-refractivity contribution in [3.8, 4) is 5.75 Å². The third kappa shape index (κ3) is 4.79. The Balaban J connectivity index is 2.17. The predicted octanol–water partition coefficient (Wildman–Crippen LogP) is 6.05. The summed E-state index contributed by atoms with van der Waals surface area (Å²) < 4.78 is 7.02. The Hall–Kier alpha value is -1.39. The van der Waals surface area contributed by atoms with E-state index in [4.69, 9.17) is 17.0 Å². The summed E-state index contributed by atoms with van der Waals surface area (Å²) in [6, 6.07) is 12.4. The molecule has 4 heteroatoms. The molecule has 2 aromatic rings. The van der Waals surface area contributed by atoms with Crippen LogP contribution in [0.15, 0.2) is 40.9 Å². The van der Waals surface area contributed by atoms with Crippen LogP contribution in [0.5, 0.6) is 5.75 Å². The molecule has 0 heterocycles. The maximum atomic E-state index is 6.03. The van der Waals surface area contributed by atoms with E-state index in [0.29, 0.717) is 6.61 Å². The number of anilines is 1. The van der Waals surface area contributed by atoms with E-state index in [-0.39, 0.29) is 0 Å². The Morgan fingerprint density at radius 1 is 1.22 bits per heavy atom. The lowest BCUT2D eigenvalue weighted by Gasteiger charge is -2.16. The number of benzene rings is 2. The Bertz CT molecular complexity index is 700. The van der Waals surface area contributed by atoms with Gasteiger partial charge in [-0.25, -0.2) is 0 Å². The van der Waals surface area contributed by atoms with Gasteiger partial charge in [-0.1, -0.05) is 50.3 Å². The summed E-state index contributed by atoms with van der Waals surface area (Å²) in [4.78, 5) is 0.821. The van der Waals surface area contributed by atoms with E-state index in [0.717, 1.165) is 44.9 Å². The van der Waals surface area contributed by atoms with Gasteiger partial charge in [-0.3, -0.25) is 0 Å². The molecule has 0 amide bonds. The molecule has 0 atom stereocenters. The molecule has 23 heavy (non-hydrogen) atoms. The van der Waals surface area contributed by atoms with Gasteiger partial charge in [-0.05, 0) is 59.0 Å². The predicted molar refractivity (Wildman–Crippen MR) is 106 cm³/mol. The van der Waals surface area contributed by atoms with Crippen LogP contribution < -0.4 is 10.1 Å². The molecular formula is C19H22BrNOS. The van der Waals surface area contributed by atoms with Crippen molar-refractivity contribution in [2.24, 2.45) is 0 Å². The van der Waals surface area contributed by atoms with Gasteiger partial charge < -0.3 is 10.1 Å². The number of thiocarbonyl (C=S) groups is 1. The van der Waals surface area contributed by atoms with Crippen LogP contribution in [0.4, 0.5) is 5.69 Å². The summed E-state index contributed by atoms with van der Waals surface area (Å²) in [5.74, 6) is 0.922. The smallest absolute Gasteiger partial charge is 0.122 e. The number of ether oxygens (including phenoxy) is 1. The second kappa shape index (κ2) is 8.46. The molecule has 0 spiro atoms. The van der Waals surface area contributed by atoms with Crippen molar-refractivity contribution >= 4 is 38.8 Å². The second-order valence-corrected chi connectivity index (χ2v) is 6.76. The quantitative estimate of drug-likeness (QED) is 0.605. The lowest BCUT2D eigenvalue weighted by molar-refractivity contribution is 0.304. The average molecular weight is 392 g/mol. The van der Waals surface area contributed by atoms with E-state index >= 15 is 0 Å². The fraction of sp³-hybridized carbons (Fsp3) is 0.316. The van der Waals surface area contributed by atoms with Gasteiger partial charge in [-0.2, -0.15) is 0 Å². The van der Waals surface area contributed by atoms with Crippen molar-refractivity contribution in [3.05, 3.63) is 57.6 Å². The molecule has 1 N–H and O–H groups in total. The van der Waals surface area contributed by atoms with E-state index in [9.17, 15) is 0 Å². The van der Waals surface area contributed by atoms with Crippen molar-refractivity contribution in [1.82, 2.24) is 0 Å². The molecule has 0 aliphatic carbocycles. The highest BCUT2D eigenvalue weighted by atomic mass is 79.9. The van der Waals surface area contributed by atoms with Crippen LogP contribution in [0.1, 0.15) is 37.0 Å². The first-order chi connectivity index (χ1) is 11.0. The zero-order valence-corrected chi connectivity index (χ0v) is 16.2. The molecule has 0 radical (unpaired) electrons. The highest BCUT2D eigenvalue weighted by Crippen LogP contribution is 2.29. The molecule has 0 saturated heterocycles. The Morgan fingerprint density at radius 3 is 2.65 bits per heavy atom. The maximum absolute atomic E-state index is 6.03. The summed E-state index contributed by atoms with van der Waals surface area (Å²) in [7, 11) is 0. The summed E-state index contributed by atoms with van der Waals surface area (Å²) >= 11 is 8.90. The van der Waals surface area contributed by atoms with Crippen molar-refractivity contribution in [2.75, 3.05) is 5.32 Å². The monoisotopic (exact) mass is 391 g/mol. The van der Waals surface area contributed by atoms with Crippen LogP contribution in [-0.4, -0.2) is 4.99 Å². The lowest BCUT2D eigenvalue weighted by Crippen LogP contribution is -2.11. The van der Waals surface area contributed by atoms with Crippen molar-refractivity contribution < 1.29 is 4.74 Å². The molecule has 0 bridgehead atoms. The minimum atomic E-state index is 0.500. The van der Waals surface area contributed by atoms with Crippen molar-refractivity contribution in [3.63, 3.8) is 0 Å².